The third-order valence-electron chi connectivity index (χ3n) is 2.78. The molecule has 5 heteroatoms. The van der Waals surface area contributed by atoms with Gasteiger partial charge in [-0.1, -0.05) is 25.4 Å². The summed E-state index contributed by atoms with van der Waals surface area (Å²) in [6, 6.07) is 7.89. The molecule has 0 unspecified atom stereocenters. The van der Waals surface area contributed by atoms with Crippen LogP contribution in [-0.2, 0) is 6.54 Å². The van der Waals surface area contributed by atoms with Gasteiger partial charge in [0.05, 0.1) is 0 Å². The number of rotatable bonds is 5. The average molecular weight is 292 g/mol. The van der Waals surface area contributed by atoms with Gasteiger partial charge in [0, 0.05) is 35.1 Å². The molecule has 0 saturated carbocycles. The summed E-state index contributed by atoms with van der Waals surface area (Å²) in [5.74, 6) is 0.668. The molecule has 1 aromatic carbocycles. The van der Waals surface area contributed by atoms with E-state index in [0.29, 0.717) is 22.8 Å². The highest BCUT2D eigenvalue weighted by Gasteiger charge is 2.06. The Kier molecular flexibility index (Phi) is 4.93. The van der Waals surface area contributed by atoms with E-state index in [0.717, 1.165) is 17.8 Å². The normalized spacial score (nSPS) is 10.8. The van der Waals surface area contributed by atoms with Gasteiger partial charge in [-0.25, -0.2) is 4.98 Å². The molecule has 0 bridgehead atoms. The second-order valence-electron chi connectivity index (χ2n) is 4.85. The molecule has 106 valence electrons. The standard InChI is InChI=1S/C15H18ClN3O/c1-10(2)17-8-12-9-18-15(19-11(12)3)20-14-6-4-13(16)5-7-14/h4-7,9-10,17H,8H2,1-3H3. The van der Waals surface area contributed by atoms with Crippen molar-refractivity contribution >= 4 is 11.6 Å². The van der Waals surface area contributed by atoms with Crippen molar-refractivity contribution in [1.82, 2.24) is 15.3 Å². The van der Waals surface area contributed by atoms with Gasteiger partial charge in [-0.3, -0.25) is 0 Å². The van der Waals surface area contributed by atoms with Crippen LogP contribution >= 0.6 is 11.6 Å². The van der Waals surface area contributed by atoms with Crippen LogP contribution in [0.15, 0.2) is 30.5 Å². The Hall–Kier alpha value is -1.65. The summed E-state index contributed by atoms with van der Waals surface area (Å²) in [4.78, 5) is 8.59. The summed E-state index contributed by atoms with van der Waals surface area (Å²) in [6.07, 6.45) is 1.79. The van der Waals surface area contributed by atoms with Crippen molar-refractivity contribution in [2.75, 3.05) is 0 Å². The van der Waals surface area contributed by atoms with Crippen molar-refractivity contribution in [3.8, 4) is 11.8 Å². The fraction of sp³-hybridized carbons (Fsp3) is 0.333. The van der Waals surface area contributed by atoms with Gasteiger partial charge in [-0.15, -0.1) is 0 Å². The first-order valence-electron chi connectivity index (χ1n) is 6.54. The number of aryl methyl sites for hydroxylation is 1. The second-order valence-corrected chi connectivity index (χ2v) is 5.29. The molecule has 0 amide bonds. The highest BCUT2D eigenvalue weighted by Crippen LogP contribution is 2.20. The monoisotopic (exact) mass is 291 g/mol. The fourth-order valence-electron chi connectivity index (χ4n) is 1.62. The highest BCUT2D eigenvalue weighted by atomic mass is 35.5. The zero-order valence-corrected chi connectivity index (χ0v) is 12.6. The average Bonchev–Trinajstić information content (AvgIpc) is 2.40. The van der Waals surface area contributed by atoms with Crippen molar-refractivity contribution in [3.63, 3.8) is 0 Å². The van der Waals surface area contributed by atoms with E-state index in [1.54, 1.807) is 30.5 Å². The molecular weight excluding hydrogens is 274 g/mol. The molecule has 0 radical (unpaired) electrons. The quantitative estimate of drug-likeness (QED) is 0.912. The smallest absolute Gasteiger partial charge is 0.322 e. The summed E-state index contributed by atoms with van der Waals surface area (Å²) < 4.78 is 5.59. The zero-order valence-electron chi connectivity index (χ0n) is 11.9. The van der Waals surface area contributed by atoms with Crippen molar-refractivity contribution in [2.24, 2.45) is 0 Å². The van der Waals surface area contributed by atoms with Crippen LogP contribution in [0.4, 0.5) is 0 Å². The van der Waals surface area contributed by atoms with Gasteiger partial charge in [0.1, 0.15) is 5.75 Å². The topological polar surface area (TPSA) is 47.0 Å². The Balaban J connectivity index is 2.06. The molecule has 1 heterocycles. The van der Waals surface area contributed by atoms with Crippen LogP contribution in [0.1, 0.15) is 25.1 Å². The number of halogens is 1. The lowest BCUT2D eigenvalue weighted by Gasteiger charge is -2.10. The van der Waals surface area contributed by atoms with E-state index >= 15 is 0 Å². The molecule has 0 atom stereocenters. The number of hydrogen-bond donors (Lipinski definition) is 1. The first kappa shape index (κ1) is 14.8. The van der Waals surface area contributed by atoms with E-state index < -0.39 is 0 Å². The molecule has 0 spiro atoms. The Bertz CT molecular complexity index is 570. The summed E-state index contributed by atoms with van der Waals surface area (Å²) in [7, 11) is 0. The molecule has 0 saturated heterocycles. The summed E-state index contributed by atoms with van der Waals surface area (Å²) in [5.41, 5.74) is 1.99. The van der Waals surface area contributed by atoms with E-state index in [1.165, 1.54) is 0 Å². The third-order valence-corrected chi connectivity index (χ3v) is 3.03. The van der Waals surface area contributed by atoms with Gasteiger partial charge >= 0.3 is 6.01 Å². The molecule has 1 N–H and O–H groups in total. The number of aromatic nitrogens is 2. The van der Waals surface area contributed by atoms with Crippen LogP contribution in [0, 0.1) is 6.92 Å². The minimum Gasteiger partial charge on any atom is -0.424 e. The maximum Gasteiger partial charge on any atom is 0.322 e. The van der Waals surface area contributed by atoms with Gasteiger partial charge in [0.2, 0.25) is 0 Å². The molecular formula is C15H18ClN3O. The molecule has 2 aromatic rings. The molecule has 4 nitrogen and oxygen atoms in total. The Morgan fingerprint density at radius 1 is 1.25 bits per heavy atom. The van der Waals surface area contributed by atoms with Crippen molar-refractivity contribution in [3.05, 3.63) is 46.7 Å². The molecule has 20 heavy (non-hydrogen) atoms. The lowest BCUT2D eigenvalue weighted by atomic mass is 10.2. The molecule has 0 aliphatic carbocycles. The van der Waals surface area contributed by atoms with Crippen LogP contribution in [-0.4, -0.2) is 16.0 Å². The van der Waals surface area contributed by atoms with E-state index in [2.05, 4.69) is 29.1 Å². The molecule has 1 aromatic heterocycles. The van der Waals surface area contributed by atoms with Gasteiger partial charge in [-0.2, -0.15) is 4.98 Å². The zero-order chi connectivity index (χ0) is 14.5. The predicted octanol–water partition coefficient (Wildman–Crippen LogP) is 3.73. The number of nitrogens with zero attached hydrogens (tertiary/aromatic N) is 2. The van der Waals surface area contributed by atoms with Crippen LogP contribution in [0.5, 0.6) is 11.8 Å². The van der Waals surface area contributed by atoms with Gasteiger partial charge in [0.25, 0.3) is 0 Å². The van der Waals surface area contributed by atoms with Crippen LogP contribution in [0.3, 0.4) is 0 Å². The van der Waals surface area contributed by atoms with Crippen LogP contribution in [0.2, 0.25) is 5.02 Å². The predicted molar refractivity (Wildman–Crippen MR) is 80.3 cm³/mol. The molecule has 2 rings (SSSR count). The number of benzene rings is 1. The van der Waals surface area contributed by atoms with Gasteiger partial charge < -0.3 is 10.1 Å². The number of nitrogens with one attached hydrogen (secondary N) is 1. The minimum absolute atomic E-state index is 0.345. The molecule has 0 fully saturated rings. The van der Waals surface area contributed by atoms with E-state index in [4.69, 9.17) is 16.3 Å². The fourth-order valence-corrected chi connectivity index (χ4v) is 1.74. The molecule has 0 aliphatic heterocycles. The largest absolute Gasteiger partial charge is 0.424 e. The lowest BCUT2D eigenvalue weighted by molar-refractivity contribution is 0.438. The Labute approximate surface area is 124 Å². The van der Waals surface area contributed by atoms with Crippen molar-refractivity contribution < 1.29 is 4.74 Å². The summed E-state index contributed by atoms with van der Waals surface area (Å²) >= 11 is 5.83. The maximum absolute atomic E-state index is 5.83. The Morgan fingerprint density at radius 3 is 2.55 bits per heavy atom. The van der Waals surface area contributed by atoms with E-state index in [-0.39, 0.29) is 0 Å². The van der Waals surface area contributed by atoms with Gasteiger partial charge in [-0.05, 0) is 31.2 Å². The Morgan fingerprint density at radius 2 is 1.95 bits per heavy atom. The lowest BCUT2D eigenvalue weighted by Crippen LogP contribution is -2.22. The van der Waals surface area contributed by atoms with Crippen molar-refractivity contribution in [2.45, 2.75) is 33.4 Å². The summed E-state index contributed by atoms with van der Waals surface area (Å²) in [6.45, 7) is 6.92. The first-order valence-corrected chi connectivity index (χ1v) is 6.91. The summed E-state index contributed by atoms with van der Waals surface area (Å²) in [5, 5.41) is 4.01. The third kappa shape index (κ3) is 4.18. The highest BCUT2D eigenvalue weighted by molar-refractivity contribution is 6.30. The van der Waals surface area contributed by atoms with E-state index in [1.807, 2.05) is 6.92 Å². The van der Waals surface area contributed by atoms with Gasteiger partial charge in [0.15, 0.2) is 0 Å². The number of ether oxygens (including phenoxy) is 1. The first-order chi connectivity index (χ1) is 9.54. The van der Waals surface area contributed by atoms with Crippen LogP contribution < -0.4 is 10.1 Å². The molecule has 0 aliphatic rings. The number of hydrogen-bond acceptors (Lipinski definition) is 4. The van der Waals surface area contributed by atoms with Crippen LogP contribution in [0.25, 0.3) is 0 Å². The SMILES string of the molecule is Cc1nc(Oc2ccc(Cl)cc2)ncc1CNC(C)C. The minimum atomic E-state index is 0.345. The van der Waals surface area contributed by atoms with E-state index in [9.17, 15) is 0 Å². The van der Waals surface area contributed by atoms with Crippen molar-refractivity contribution in [1.29, 1.82) is 0 Å². The second kappa shape index (κ2) is 6.68. The maximum atomic E-state index is 5.83.